The summed E-state index contributed by atoms with van der Waals surface area (Å²) in [5, 5.41) is 21.3. The van der Waals surface area contributed by atoms with Crippen molar-refractivity contribution in [2.75, 3.05) is 11.9 Å². The SMILES string of the molecule is C/C=C/C(=O)Nc1cccc(-n2cc(-c3ccc4c(c3)CCNC4=O)c([N+](=O)[O-])n2)c1. The number of amides is 2. The quantitative estimate of drug-likeness (QED) is 0.375. The fourth-order valence-electron chi connectivity index (χ4n) is 3.49. The maximum atomic E-state index is 12.0. The first-order valence-electron chi connectivity index (χ1n) is 9.66. The Kier molecular flexibility index (Phi) is 5.31. The van der Waals surface area contributed by atoms with E-state index in [4.69, 9.17) is 0 Å². The summed E-state index contributed by atoms with van der Waals surface area (Å²) in [5.74, 6) is -0.705. The van der Waals surface area contributed by atoms with Crippen LogP contribution in [0.4, 0.5) is 11.5 Å². The maximum absolute atomic E-state index is 12.0. The molecule has 9 nitrogen and oxygen atoms in total. The van der Waals surface area contributed by atoms with E-state index in [0.717, 1.165) is 5.56 Å². The zero-order valence-corrected chi connectivity index (χ0v) is 16.7. The van der Waals surface area contributed by atoms with Gasteiger partial charge in [0.05, 0.1) is 17.0 Å². The van der Waals surface area contributed by atoms with Gasteiger partial charge in [-0.05, 0) is 65.8 Å². The van der Waals surface area contributed by atoms with Crippen LogP contribution in [0.5, 0.6) is 0 Å². The number of nitrogens with one attached hydrogen (secondary N) is 2. The number of fused-ring (bicyclic) bond motifs is 1. The second kappa shape index (κ2) is 8.23. The number of anilines is 1. The van der Waals surface area contributed by atoms with Crippen LogP contribution in [0.15, 0.2) is 60.8 Å². The molecule has 0 spiro atoms. The third-order valence-electron chi connectivity index (χ3n) is 4.90. The summed E-state index contributed by atoms with van der Waals surface area (Å²) in [5.41, 5.74) is 3.49. The minimum Gasteiger partial charge on any atom is -0.358 e. The molecule has 2 heterocycles. The average Bonchev–Trinajstić information content (AvgIpc) is 3.20. The zero-order valence-electron chi connectivity index (χ0n) is 16.7. The first-order valence-corrected chi connectivity index (χ1v) is 9.66. The number of hydrogen-bond donors (Lipinski definition) is 2. The largest absolute Gasteiger partial charge is 0.398 e. The average molecular weight is 417 g/mol. The van der Waals surface area contributed by atoms with Crippen molar-refractivity contribution in [2.24, 2.45) is 0 Å². The van der Waals surface area contributed by atoms with Crippen molar-refractivity contribution in [1.29, 1.82) is 0 Å². The lowest BCUT2D eigenvalue weighted by molar-refractivity contribution is -0.389. The minimum absolute atomic E-state index is 0.144. The van der Waals surface area contributed by atoms with E-state index in [2.05, 4.69) is 15.7 Å². The Hall–Kier alpha value is -4.27. The number of hydrogen-bond acceptors (Lipinski definition) is 5. The Labute approximate surface area is 177 Å². The van der Waals surface area contributed by atoms with Crippen LogP contribution in [0, 0.1) is 10.1 Å². The molecule has 1 aliphatic rings. The smallest absolute Gasteiger partial charge is 0.358 e. The molecule has 0 fully saturated rings. The lowest BCUT2D eigenvalue weighted by Crippen LogP contribution is -2.31. The van der Waals surface area contributed by atoms with E-state index in [1.54, 1.807) is 61.7 Å². The van der Waals surface area contributed by atoms with Crippen molar-refractivity contribution in [1.82, 2.24) is 15.1 Å². The Morgan fingerprint density at radius 2 is 2.10 bits per heavy atom. The highest BCUT2D eigenvalue weighted by Gasteiger charge is 2.25. The van der Waals surface area contributed by atoms with Crippen molar-refractivity contribution in [2.45, 2.75) is 13.3 Å². The van der Waals surface area contributed by atoms with Gasteiger partial charge < -0.3 is 20.7 Å². The number of benzene rings is 2. The topological polar surface area (TPSA) is 119 Å². The van der Waals surface area contributed by atoms with E-state index in [-0.39, 0.29) is 17.6 Å². The van der Waals surface area contributed by atoms with Crippen LogP contribution in [-0.4, -0.2) is 33.1 Å². The third kappa shape index (κ3) is 4.06. The number of allylic oxidation sites excluding steroid dienone is 1. The van der Waals surface area contributed by atoms with Gasteiger partial charge in [0.15, 0.2) is 0 Å². The molecule has 1 aliphatic heterocycles. The summed E-state index contributed by atoms with van der Waals surface area (Å²) in [6.45, 7) is 2.27. The zero-order chi connectivity index (χ0) is 22.0. The van der Waals surface area contributed by atoms with Gasteiger partial charge in [-0.3, -0.25) is 9.59 Å². The normalized spacial score (nSPS) is 13.0. The number of rotatable bonds is 5. The molecule has 3 aromatic rings. The Balaban J connectivity index is 1.73. The van der Waals surface area contributed by atoms with Crippen LogP contribution in [0.25, 0.3) is 16.8 Å². The standard InChI is InChI=1S/C22H19N5O4/c1-2-4-20(28)24-16-5-3-6-17(12-16)26-13-19(21(25-26)27(30)31)14-7-8-18-15(11-14)9-10-23-22(18)29/h2-8,11-13H,9-10H2,1H3,(H,23,29)(H,24,28)/b4-2+. The van der Waals surface area contributed by atoms with Crippen molar-refractivity contribution < 1.29 is 14.5 Å². The van der Waals surface area contributed by atoms with Gasteiger partial charge in [-0.2, -0.15) is 0 Å². The Morgan fingerprint density at radius 3 is 2.87 bits per heavy atom. The van der Waals surface area contributed by atoms with Crippen LogP contribution in [0.1, 0.15) is 22.8 Å². The van der Waals surface area contributed by atoms with Crippen molar-refractivity contribution >= 4 is 23.3 Å². The van der Waals surface area contributed by atoms with E-state index in [9.17, 15) is 19.7 Å². The van der Waals surface area contributed by atoms with Crippen LogP contribution < -0.4 is 10.6 Å². The molecule has 0 unspecified atom stereocenters. The second-order valence-electron chi connectivity index (χ2n) is 6.99. The molecule has 9 heteroatoms. The summed E-state index contributed by atoms with van der Waals surface area (Å²) in [6.07, 6.45) is 5.27. The van der Waals surface area contributed by atoms with E-state index >= 15 is 0 Å². The van der Waals surface area contributed by atoms with Crippen molar-refractivity contribution in [3.05, 3.63) is 82.1 Å². The molecule has 31 heavy (non-hydrogen) atoms. The first-order chi connectivity index (χ1) is 15.0. The van der Waals surface area contributed by atoms with E-state index in [1.165, 1.54) is 10.8 Å². The summed E-state index contributed by atoms with van der Waals surface area (Å²) in [6, 6.07) is 12.0. The molecule has 1 aromatic heterocycles. The number of nitro groups is 1. The molecule has 2 N–H and O–H groups in total. The number of carbonyl (C=O) groups excluding carboxylic acids is 2. The van der Waals surface area contributed by atoms with Crippen molar-refractivity contribution in [3.63, 3.8) is 0 Å². The van der Waals surface area contributed by atoms with Crippen LogP contribution >= 0.6 is 0 Å². The monoisotopic (exact) mass is 417 g/mol. The molecule has 0 saturated heterocycles. The molecular formula is C22H19N5O4. The lowest BCUT2D eigenvalue weighted by atomic mass is 9.96. The summed E-state index contributed by atoms with van der Waals surface area (Å²) in [7, 11) is 0. The van der Waals surface area contributed by atoms with Gasteiger partial charge >= 0.3 is 5.82 Å². The van der Waals surface area contributed by atoms with E-state index in [0.29, 0.717) is 41.0 Å². The van der Waals surface area contributed by atoms with Gasteiger partial charge in [0.25, 0.3) is 5.91 Å². The number of carbonyl (C=O) groups is 2. The van der Waals surface area contributed by atoms with E-state index < -0.39 is 4.92 Å². The van der Waals surface area contributed by atoms with E-state index in [1.807, 2.05) is 0 Å². The summed E-state index contributed by atoms with van der Waals surface area (Å²) in [4.78, 5) is 34.9. The van der Waals surface area contributed by atoms with Gasteiger partial charge in [0.1, 0.15) is 5.56 Å². The summed E-state index contributed by atoms with van der Waals surface area (Å²) < 4.78 is 1.41. The van der Waals surface area contributed by atoms with Crippen LogP contribution in [0.3, 0.4) is 0 Å². The second-order valence-corrected chi connectivity index (χ2v) is 6.99. The molecule has 2 aromatic carbocycles. The van der Waals surface area contributed by atoms with Gasteiger partial charge in [0.2, 0.25) is 5.91 Å². The molecule has 0 aliphatic carbocycles. The molecule has 0 saturated carbocycles. The highest BCUT2D eigenvalue weighted by Crippen LogP contribution is 2.32. The maximum Gasteiger partial charge on any atom is 0.398 e. The summed E-state index contributed by atoms with van der Waals surface area (Å²) >= 11 is 0. The van der Waals surface area contributed by atoms with Gasteiger partial charge in [-0.25, -0.2) is 0 Å². The fourth-order valence-corrected chi connectivity index (χ4v) is 3.49. The van der Waals surface area contributed by atoms with Gasteiger partial charge in [-0.15, -0.1) is 4.68 Å². The lowest BCUT2D eigenvalue weighted by Gasteiger charge is -2.16. The predicted molar refractivity (Wildman–Crippen MR) is 115 cm³/mol. The molecule has 0 atom stereocenters. The minimum atomic E-state index is -0.532. The number of nitrogens with zero attached hydrogens (tertiary/aromatic N) is 3. The molecule has 4 rings (SSSR count). The Morgan fingerprint density at radius 1 is 1.26 bits per heavy atom. The van der Waals surface area contributed by atoms with Crippen LogP contribution in [-0.2, 0) is 11.2 Å². The molecule has 0 radical (unpaired) electrons. The molecule has 2 amide bonds. The predicted octanol–water partition coefficient (Wildman–Crippen LogP) is 3.25. The molecular weight excluding hydrogens is 398 g/mol. The number of aromatic nitrogens is 2. The highest BCUT2D eigenvalue weighted by molar-refractivity contribution is 5.99. The Bertz CT molecular complexity index is 1230. The first kappa shape index (κ1) is 20.0. The van der Waals surface area contributed by atoms with Crippen molar-refractivity contribution in [3.8, 4) is 16.8 Å². The highest BCUT2D eigenvalue weighted by atomic mass is 16.6. The fraction of sp³-hybridized carbons (Fsp3) is 0.136. The van der Waals surface area contributed by atoms with Gasteiger partial charge in [-0.1, -0.05) is 18.2 Å². The molecule has 156 valence electrons. The third-order valence-corrected chi connectivity index (χ3v) is 4.90. The van der Waals surface area contributed by atoms with Gasteiger partial charge in [0, 0.05) is 17.8 Å². The molecule has 0 bridgehead atoms. The van der Waals surface area contributed by atoms with Crippen LogP contribution in [0.2, 0.25) is 0 Å².